The summed E-state index contributed by atoms with van der Waals surface area (Å²) in [5.41, 5.74) is 1.09. The van der Waals surface area contributed by atoms with Gasteiger partial charge in [0.15, 0.2) is 0 Å². The summed E-state index contributed by atoms with van der Waals surface area (Å²) >= 11 is 6.82. The van der Waals surface area contributed by atoms with Gasteiger partial charge in [-0.3, -0.25) is 0 Å². The highest BCUT2D eigenvalue weighted by Crippen LogP contribution is 2.30. The highest BCUT2D eigenvalue weighted by Gasteiger charge is 2.03. The van der Waals surface area contributed by atoms with E-state index in [0.717, 1.165) is 15.2 Å². The average molecular weight is 260 g/mol. The second kappa shape index (κ2) is 3.28. The minimum absolute atomic E-state index is 1.09. The lowest BCUT2D eigenvalue weighted by Crippen LogP contribution is -1.70. The molecule has 2 aromatic heterocycles. The molecule has 0 aliphatic heterocycles. The van der Waals surface area contributed by atoms with Crippen LogP contribution in [0, 0.1) is 6.92 Å². The van der Waals surface area contributed by atoms with Crippen molar-refractivity contribution in [2.24, 2.45) is 0 Å². The van der Waals surface area contributed by atoms with Crippen molar-refractivity contribution in [3.63, 3.8) is 0 Å². The van der Waals surface area contributed by atoms with Gasteiger partial charge in [0, 0.05) is 15.2 Å². The molecule has 0 aliphatic carbocycles. The summed E-state index contributed by atoms with van der Waals surface area (Å²) < 4.78 is 1.13. The monoisotopic (exact) mass is 259 g/mol. The Balaban J connectivity index is 2.43. The van der Waals surface area contributed by atoms with Gasteiger partial charge < -0.3 is 0 Å². The van der Waals surface area contributed by atoms with E-state index in [4.69, 9.17) is 0 Å². The molecule has 0 fully saturated rings. The summed E-state index contributed by atoms with van der Waals surface area (Å²) in [6.07, 6.45) is 0. The standard InChI is InChI=1S/C8H6BrNS2/c1-5-10-7(4-11-5)8-2-6(9)3-12-8/h2-4H,1H3. The maximum absolute atomic E-state index is 4.40. The van der Waals surface area contributed by atoms with Crippen LogP contribution in [0.25, 0.3) is 10.6 Å². The molecule has 2 heterocycles. The number of hydrogen-bond acceptors (Lipinski definition) is 3. The van der Waals surface area contributed by atoms with Gasteiger partial charge in [-0.05, 0) is 28.9 Å². The van der Waals surface area contributed by atoms with E-state index in [-0.39, 0.29) is 0 Å². The molecule has 0 unspecified atom stereocenters. The maximum Gasteiger partial charge on any atom is 0.0914 e. The van der Waals surface area contributed by atoms with Crippen LogP contribution in [0.5, 0.6) is 0 Å². The highest BCUT2D eigenvalue weighted by molar-refractivity contribution is 9.10. The Labute approximate surface area is 87.2 Å². The first-order valence-electron chi connectivity index (χ1n) is 3.42. The Kier molecular flexibility index (Phi) is 2.30. The van der Waals surface area contributed by atoms with E-state index in [9.17, 15) is 0 Å². The van der Waals surface area contributed by atoms with Gasteiger partial charge in [0.2, 0.25) is 0 Å². The van der Waals surface area contributed by atoms with Crippen LogP contribution in [0.15, 0.2) is 21.3 Å². The van der Waals surface area contributed by atoms with E-state index < -0.39 is 0 Å². The van der Waals surface area contributed by atoms with Crippen molar-refractivity contribution < 1.29 is 0 Å². The van der Waals surface area contributed by atoms with Crippen LogP contribution >= 0.6 is 38.6 Å². The molecule has 0 bridgehead atoms. The summed E-state index contributed by atoms with van der Waals surface area (Å²) in [4.78, 5) is 5.63. The quantitative estimate of drug-likeness (QED) is 0.756. The van der Waals surface area contributed by atoms with Crippen molar-refractivity contribution in [3.05, 3.63) is 26.3 Å². The van der Waals surface area contributed by atoms with Crippen molar-refractivity contribution in [1.82, 2.24) is 4.98 Å². The van der Waals surface area contributed by atoms with E-state index in [0.29, 0.717) is 0 Å². The van der Waals surface area contributed by atoms with Gasteiger partial charge >= 0.3 is 0 Å². The summed E-state index contributed by atoms with van der Waals surface area (Å²) in [5.74, 6) is 0. The molecule has 0 N–H and O–H groups in total. The van der Waals surface area contributed by atoms with Gasteiger partial charge in [0.1, 0.15) is 0 Å². The van der Waals surface area contributed by atoms with Crippen LogP contribution in [-0.4, -0.2) is 4.98 Å². The zero-order valence-corrected chi connectivity index (χ0v) is 9.59. The van der Waals surface area contributed by atoms with Gasteiger partial charge in [-0.2, -0.15) is 0 Å². The smallest absolute Gasteiger partial charge is 0.0914 e. The number of rotatable bonds is 1. The van der Waals surface area contributed by atoms with Crippen LogP contribution in [0.1, 0.15) is 5.01 Å². The Bertz CT molecular complexity index is 353. The Morgan fingerprint density at radius 3 is 2.67 bits per heavy atom. The number of thiazole rings is 1. The van der Waals surface area contributed by atoms with Crippen LogP contribution in [0.2, 0.25) is 0 Å². The summed E-state index contributed by atoms with van der Waals surface area (Å²) in [5, 5.41) is 5.28. The SMILES string of the molecule is Cc1nc(-c2cc(Br)cs2)cs1. The normalized spacial score (nSPS) is 10.5. The molecule has 4 heteroatoms. The molecule has 0 saturated heterocycles. The number of halogens is 1. The molecule has 0 saturated carbocycles. The maximum atomic E-state index is 4.40. The first-order valence-corrected chi connectivity index (χ1v) is 5.97. The van der Waals surface area contributed by atoms with E-state index in [1.807, 2.05) is 6.92 Å². The zero-order valence-electron chi connectivity index (χ0n) is 6.37. The van der Waals surface area contributed by atoms with Gasteiger partial charge in [0.25, 0.3) is 0 Å². The molecular weight excluding hydrogens is 254 g/mol. The predicted molar refractivity (Wildman–Crippen MR) is 57.9 cm³/mol. The van der Waals surface area contributed by atoms with Crippen molar-refractivity contribution in [1.29, 1.82) is 0 Å². The topological polar surface area (TPSA) is 12.9 Å². The van der Waals surface area contributed by atoms with Crippen LogP contribution in [0.3, 0.4) is 0 Å². The second-order valence-electron chi connectivity index (χ2n) is 2.38. The van der Waals surface area contributed by atoms with Gasteiger partial charge in [-0.15, -0.1) is 22.7 Å². The summed E-state index contributed by atoms with van der Waals surface area (Å²) in [6, 6.07) is 2.10. The number of nitrogens with zero attached hydrogens (tertiary/aromatic N) is 1. The zero-order chi connectivity index (χ0) is 8.55. The van der Waals surface area contributed by atoms with Gasteiger partial charge in [0.05, 0.1) is 15.6 Å². The van der Waals surface area contributed by atoms with Crippen LogP contribution in [-0.2, 0) is 0 Å². The summed E-state index contributed by atoms with van der Waals surface area (Å²) in [6.45, 7) is 2.02. The number of thiophene rings is 1. The molecule has 0 spiro atoms. The molecule has 1 nitrogen and oxygen atoms in total. The predicted octanol–water partition coefficient (Wildman–Crippen LogP) is 3.94. The van der Waals surface area contributed by atoms with E-state index in [1.165, 1.54) is 4.88 Å². The minimum Gasteiger partial charge on any atom is -0.241 e. The van der Waals surface area contributed by atoms with E-state index in [2.05, 4.69) is 37.7 Å². The van der Waals surface area contributed by atoms with Crippen LogP contribution in [0.4, 0.5) is 0 Å². The molecule has 12 heavy (non-hydrogen) atoms. The third kappa shape index (κ3) is 1.60. The molecule has 0 amide bonds. The molecule has 0 aliphatic rings. The molecule has 0 aromatic carbocycles. The highest BCUT2D eigenvalue weighted by atomic mass is 79.9. The molecule has 2 rings (SSSR count). The lowest BCUT2D eigenvalue weighted by molar-refractivity contribution is 1.31. The summed E-state index contributed by atoms with van der Waals surface area (Å²) in [7, 11) is 0. The first-order chi connectivity index (χ1) is 5.75. The van der Waals surface area contributed by atoms with E-state index in [1.54, 1.807) is 22.7 Å². The Hall–Kier alpha value is -0.190. The van der Waals surface area contributed by atoms with Gasteiger partial charge in [-0.1, -0.05) is 0 Å². The number of aryl methyl sites for hydroxylation is 1. The second-order valence-corrected chi connectivity index (χ2v) is 5.27. The fourth-order valence-corrected chi connectivity index (χ4v) is 3.00. The largest absolute Gasteiger partial charge is 0.241 e. The fraction of sp³-hybridized carbons (Fsp3) is 0.125. The minimum atomic E-state index is 1.09. The lowest BCUT2D eigenvalue weighted by atomic mass is 10.4. The van der Waals surface area contributed by atoms with E-state index >= 15 is 0 Å². The molecule has 62 valence electrons. The lowest BCUT2D eigenvalue weighted by Gasteiger charge is -1.85. The fourth-order valence-electron chi connectivity index (χ4n) is 0.924. The first kappa shape index (κ1) is 8.41. The Morgan fingerprint density at radius 1 is 1.33 bits per heavy atom. The van der Waals surface area contributed by atoms with Crippen molar-refractivity contribution in [2.75, 3.05) is 0 Å². The molecule has 2 aromatic rings. The molecule has 0 radical (unpaired) electrons. The molecular formula is C8H6BrNS2. The van der Waals surface area contributed by atoms with Crippen molar-refractivity contribution in [3.8, 4) is 10.6 Å². The average Bonchev–Trinajstić information content (AvgIpc) is 2.58. The Morgan fingerprint density at radius 2 is 2.17 bits per heavy atom. The van der Waals surface area contributed by atoms with Crippen LogP contribution < -0.4 is 0 Å². The number of aromatic nitrogens is 1. The molecule has 0 atom stereocenters. The van der Waals surface area contributed by atoms with Crippen molar-refractivity contribution >= 4 is 38.6 Å². The number of hydrogen-bond donors (Lipinski definition) is 0. The van der Waals surface area contributed by atoms with Gasteiger partial charge in [-0.25, -0.2) is 4.98 Å². The third-order valence-corrected chi connectivity index (χ3v) is 3.93. The third-order valence-electron chi connectivity index (χ3n) is 1.44. The van der Waals surface area contributed by atoms with Crippen molar-refractivity contribution in [2.45, 2.75) is 6.92 Å².